The molecule has 0 aliphatic rings. The largest absolute Gasteiger partial charge is 0.366 e. The van der Waals surface area contributed by atoms with E-state index in [1.165, 1.54) is 0 Å². The van der Waals surface area contributed by atoms with Crippen LogP contribution in [0, 0.1) is 0 Å². The fourth-order valence-corrected chi connectivity index (χ4v) is 1.09. The summed E-state index contributed by atoms with van der Waals surface area (Å²) in [5.41, 5.74) is 0. The monoisotopic (exact) mass is 198 g/mol. The van der Waals surface area contributed by atoms with Crippen molar-refractivity contribution >= 4 is 17.3 Å². The summed E-state index contributed by atoms with van der Waals surface area (Å²) >= 11 is 5.07. The summed E-state index contributed by atoms with van der Waals surface area (Å²) in [6.45, 7) is 0.725. The van der Waals surface area contributed by atoms with Gasteiger partial charge < -0.3 is 14.8 Å². The van der Waals surface area contributed by atoms with Gasteiger partial charge >= 0.3 is 0 Å². The molecule has 0 saturated heterocycles. The van der Waals surface area contributed by atoms with E-state index in [9.17, 15) is 0 Å². The van der Waals surface area contributed by atoms with E-state index in [2.05, 4.69) is 10.3 Å². The van der Waals surface area contributed by atoms with Gasteiger partial charge in [-0.2, -0.15) is 0 Å². The Balaban J connectivity index is 2.59. The number of aryl methyl sites for hydroxylation is 1. The zero-order chi connectivity index (χ0) is 9.84. The Morgan fingerprint density at radius 1 is 1.77 bits per heavy atom. The predicted molar refractivity (Wildman–Crippen MR) is 56.3 cm³/mol. The third kappa shape index (κ3) is 2.42. The molecule has 1 heterocycles. The number of hydrogen-bond donors (Lipinski definition) is 1. The summed E-state index contributed by atoms with van der Waals surface area (Å²) in [6, 6.07) is 0. The van der Waals surface area contributed by atoms with Crippen molar-refractivity contribution in [2.45, 2.75) is 6.54 Å². The van der Waals surface area contributed by atoms with Crippen LogP contribution >= 0.6 is 12.2 Å². The maximum absolute atomic E-state index is 5.07. The normalized spacial score (nSPS) is 9.77. The van der Waals surface area contributed by atoms with Crippen molar-refractivity contribution < 1.29 is 0 Å². The van der Waals surface area contributed by atoms with Gasteiger partial charge in [0.05, 0.1) is 6.54 Å². The summed E-state index contributed by atoms with van der Waals surface area (Å²) in [4.78, 5) is 6.15. The van der Waals surface area contributed by atoms with Gasteiger partial charge in [0, 0.05) is 33.5 Å². The van der Waals surface area contributed by atoms with Crippen molar-refractivity contribution in [1.29, 1.82) is 0 Å². The maximum Gasteiger partial charge on any atom is 0.168 e. The van der Waals surface area contributed by atoms with Gasteiger partial charge in [0.15, 0.2) is 5.11 Å². The van der Waals surface area contributed by atoms with Crippen LogP contribution < -0.4 is 5.32 Å². The van der Waals surface area contributed by atoms with Crippen molar-refractivity contribution in [3.8, 4) is 0 Å². The van der Waals surface area contributed by atoms with Gasteiger partial charge in [0.2, 0.25) is 0 Å². The van der Waals surface area contributed by atoms with Crippen LogP contribution in [0.2, 0.25) is 0 Å². The second-order valence-electron chi connectivity index (χ2n) is 2.87. The van der Waals surface area contributed by atoms with E-state index in [1.54, 1.807) is 6.20 Å². The van der Waals surface area contributed by atoms with Gasteiger partial charge in [0.1, 0.15) is 5.82 Å². The van der Waals surface area contributed by atoms with E-state index in [0.29, 0.717) is 0 Å². The number of thiocarbonyl (C=S) groups is 1. The molecule has 1 rings (SSSR count). The molecule has 1 N–H and O–H groups in total. The average Bonchev–Trinajstić information content (AvgIpc) is 2.50. The van der Waals surface area contributed by atoms with Gasteiger partial charge in [-0.05, 0) is 12.2 Å². The number of hydrogen-bond acceptors (Lipinski definition) is 2. The SMILES string of the molecule is CNC(=S)N(C)Cc1nccn1C. The van der Waals surface area contributed by atoms with E-state index in [4.69, 9.17) is 12.2 Å². The average molecular weight is 198 g/mol. The molecule has 4 nitrogen and oxygen atoms in total. The minimum absolute atomic E-state index is 0.725. The Bertz CT molecular complexity index is 294. The van der Waals surface area contributed by atoms with Gasteiger partial charge in [-0.1, -0.05) is 0 Å². The Kier molecular flexibility index (Phi) is 3.25. The number of nitrogens with zero attached hydrogens (tertiary/aromatic N) is 3. The van der Waals surface area contributed by atoms with Crippen LogP contribution in [0.15, 0.2) is 12.4 Å². The van der Waals surface area contributed by atoms with E-state index in [0.717, 1.165) is 17.5 Å². The van der Waals surface area contributed by atoms with Crippen molar-refractivity contribution in [1.82, 2.24) is 19.8 Å². The van der Waals surface area contributed by atoms with Crippen LogP contribution in [0.5, 0.6) is 0 Å². The van der Waals surface area contributed by atoms with Crippen LogP contribution in [0.3, 0.4) is 0 Å². The number of imidazole rings is 1. The fraction of sp³-hybridized carbons (Fsp3) is 0.500. The van der Waals surface area contributed by atoms with Crippen LogP contribution in [-0.2, 0) is 13.6 Å². The number of nitrogens with one attached hydrogen (secondary N) is 1. The number of rotatable bonds is 2. The van der Waals surface area contributed by atoms with E-state index in [-0.39, 0.29) is 0 Å². The minimum Gasteiger partial charge on any atom is -0.366 e. The lowest BCUT2D eigenvalue weighted by molar-refractivity contribution is 0.469. The summed E-state index contributed by atoms with van der Waals surface area (Å²) < 4.78 is 1.98. The molecular formula is C8H14N4S. The topological polar surface area (TPSA) is 33.1 Å². The molecule has 0 atom stereocenters. The van der Waals surface area contributed by atoms with E-state index in [1.807, 2.05) is 36.8 Å². The predicted octanol–water partition coefficient (Wildman–Crippen LogP) is 0.356. The second-order valence-corrected chi connectivity index (χ2v) is 3.25. The zero-order valence-corrected chi connectivity index (χ0v) is 8.93. The highest BCUT2D eigenvalue weighted by molar-refractivity contribution is 7.80. The molecule has 5 heteroatoms. The maximum atomic E-state index is 5.07. The third-order valence-corrected chi connectivity index (χ3v) is 2.38. The molecule has 0 amide bonds. The van der Waals surface area contributed by atoms with Crippen molar-refractivity contribution in [2.75, 3.05) is 14.1 Å². The van der Waals surface area contributed by atoms with E-state index < -0.39 is 0 Å². The van der Waals surface area contributed by atoms with Crippen molar-refractivity contribution in [2.24, 2.45) is 7.05 Å². The highest BCUT2D eigenvalue weighted by Gasteiger charge is 2.05. The Morgan fingerprint density at radius 3 is 2.92 bits per heavy atom. The minimum atomic E-state index is 0.725. The quantitative estimate of drug-likeness (QED) is 0.695. The summed E-state index contributed by atoms with van der Waals surface area (Å²) in [5.74, 6) is 1.00. The Hall–Kier alpha value is -1.10. The molecule has 1 aromatic heterocycles. The molecule has 0 fully saturated rings. The summed E-state index contributed by atoms with van der Waals surface area (Å²) in [5, 5.41) is 3.64. The molecule has 0 aliphatic carbocycles. The van der Waals surface area contributed by atoms with Crippen molar-refractivity contribution in [3.05, 3.63) is 18.2 Å². The van der Waals surface area contributed by atoms with Crippen molar-refractivity contribution in [3.63, 3.8) is 0 Å². The lowest BCUT2D eigenvalue weighted by Gasteiger charge is -2.18. The Morgan fingerprint density at radius 2 is 2.46 bits per heavy atom. The Labute approximate surface area is 83.6 Å². The summed E-state index contributed by atoms with van der Waals surface area (Å²) in [7, 11) is 5.73. The molecule has 0 saturated carbocycles. The zero-order valence-electron chi connectivity index (χ0n) is 8.11. The molecule has 72 valence electrons. The van der Waals surface area contributed by atoms with Crippen LogP contribution in [-0.4, -0.2) is 33.7 Å². The van der Waals surface area contributed by atoms with Gasteiger partial charge in [-0.25, -0.2) is 4.98 Å². The van der Waals surface area contributed by atoms with Crippen LogP contribution in [0.4, 0.5) is 0 Å². The molecule has 0 aliphatic heterocycles. The lowest BCUT2D eigenvalue weighted by atomic mass is 10.5. The third-order valence-electron chi connectivity index (χ3n) is 1.86. The smallest absolute Gasteiger partial charge is 0.168 e. The van der Waals surface area contributed by atoms with Crippen LogP contribution in [0.1, 0.15) is 5.82 Å². The molecule has 0 spiro atoms. The molecular weight excluding hydrogens is 184 g/mol. The molecule has 0 unspecified atom stereocenters. The van der Waals surface area contributed by atoms with Gasteiger partial charge in [0.25, 0.3) is 0 Å². The fourth-order valence-electron chi connectivity index (χ4n) is 1.02. The highest BCUT2D eigenvalue weighted by atomic mass is 32.1. The highest BCUT2D eigenvalue weighted by Crippen LogP contribution is 1.98. The standard InChI is InChI=1S/C8H14N4S/c1-9-8(13)12(3)6-7-10-4-5-11(7)2/h4-5H,6H2,1-3H3,(H,9,13). The molecule has 0 bridgehead atoms. The van der Waals surface area contributed by atoms with Gasteiger partial charge in [-0.3, -0.25) is 0 Å². The first-order chi connectivity index (χ1) is 6.15. The van der Waals surface area contributed by atoms with E-state index >= 15 is 0 Å². The lowest BCUT2D eigenvalue weighted by Crippen LogP contribution is -2.34. The first kappa shape index (κ1) is 9.98. The molecule has 0 radical (unpaired) electrons. The van der Waals surface area contributed by atoms with Gasteiger partial charge in [-0.15, -0.1) is 0 Å². The first-order valence-corrected chi connectivity index (χ1v) is 4.45. The molecule has 0 aromatic carbocycles. The molecule has 1 aromatic rings. The number of aromatic nitrogens is 2. The second kappa shape index (κ2) is 4.23. The summed E-state index contributed by atoms with van der Waals surface area (Å²) in [6.07, 6.45) is 3.71. The van der Waals surface area contributed by atoms with Crippen LogP contribution in [0.25, 0.3) is 0 Å². The molecule has 13 heavy (non-hydrogen) atoms. The first-order valence-electron chi connectivity index (χ1n) is 4.04.